The molecule has 0 radical (unpaired) electrons. The van der Waals surface area contributed by atoms with Gasteiger partial charge < -0.3 is 20.1 Å². The maximum Gasteiger partial charge on any atom is 0.305 e. The van der Waals surface area contributed by atoms with Gasteiger partial charge in [-0.1, -0.05) is 12.8 Å². The summed E-state index contributed by atoms with van der Waals surface area (Å²) in [6, 6.07) is 0. The van der Waals surface area contributed by atoms with Gasteiger partial charge in [-0.05, 0) is 38.8 Å². The normalized spacial score (nSPS) is 16.5. The first-order valence-electron chi connectivity index (χ1n) is 7.75. The van der Waals surface area contributed by atoms with E-state index in [4.69, 9.17) is 4.74 Å². The monoisotopic (exact) mass is 336 g/mol. The van der Waals surface area contributed by atoms with Crippen molar-refractivity contribution in [2.75, 3.05) is 33.9 Å². The molecule has 0 atom stereocenters. The first-order valence-corrected chi connectivity index (χ1v) is 7.75. The number of nitrogens with one attached hydrogen (secondary N) is 2. The molecule has 1 rings (SSSR count). The Morgan fingerprint density at radius 3 is 2.32 bits per heavy atom. The van der Waals surface area contributed by atoms with Crippen molar-refractivity contribution in [1.29, 1.82) is 0 Å². The molecule has 0 aromatic carbocycles. The van der Waals surface area contributed by atoms with Gasteiger partial charge in [0.05, 0.1) is 7.11 Å². The number of esters is 1. The van der Waals surface area contributed by atoms with Crippen LogP contribution in [-0.4, -0.2) is 51.3 Å². The third-order valence-electron chi connectivity index (χ3n) is 4.04. The van der Waals surface area contributed by atoms with Gasteiger partial charge in [-0.25, -0.2) is 0 Å². The first kappa shape index (κ1) is 21.1. The summed E-state index contributed by atoms with van der Waals surface area (Å²) in [6.45, 7) is 2.29. The molecule has 1 saturated heterocycles. The minimum absolute atomic E-state index is 0. The van der Waals surface area contributed by atoms with Gasteiger partial charge in [-0.2, -0.15) is 0 Å². The Bertz CT molecular complexity index is 334. The van der Waals surface area contributed by atoms with E-state index in [1.54, 1.807) is 7.11 Å². The highest BCUT2D eigenvalue weighted by molar-refractivity contribution is 5.85. The molecule has 7 heteroatoms. The quantitative estimate of drug-likeness (QED) is 0.492. The number of piperidine rings is 1. The molecule has 130 valence electrons. The zero-order chi connectivity index (χ0) is 15.6. The van der Waals surface area contributed by atoms with Crippen LogP contribution < -0.4 is 10.6 Å². The van der Waals surface area contributed by atoms with Crippen molar-refractivity contribution in [3.05, 3.63) is 0 Å². The molecule has 0 spiro atoms. The Labute approximate surface area is 139 Å². The van der Waals surface area contributed by atoms with Crippen LogP contribution in [0.5, 0.6) is 0 Å². The number of methoxy groups -OCH3 is 2. The van der Waals surface area contributed by atoms with Crippen molar-refractivity contribution in [2.45, 2.75) is 50.5 Å². The van der Waals surface area contributed by atoms with Crippen LogP contribution in [0.15, 0.2) is 0 Å². The highest BCUT2D eigenvalue weighted by Crippen LogP contribution is 2.22. The molecule has 22 heavy (non-hydrogen) atoms. The minimum Gasteiger partial charge on any atom is -0.469 e. The van der Waals surface area contributed by atoms with E-state index in [0.29, 0.717) is 25.8 Å². The van der Waals surface area contributed by atoms with E-state index in [1.807, 2.05) is 0 Å². The Morgan fingerprint density at radius 2 is 1.73 bits per heavy atom. The fourth-order valence-corrected chi connectivity index (χ4v) is 2.57. The lowest BCUT2D eigenvalue weighted by molar-refractivity contribution is -0.146. The van der Waals surface area contributed by atoms with Crippen LogP contribution in [0.3, 0.4) is 0 Å². The van der Waals surface area contributed by atoms with Gasteiger partial charge in [-0.3, -0.25) is 9.59 Å². The maximum atomic E-state index is 12.2. The Morgan fingerprint density at radius 1 is 1.09 bits per heavy atom. The molecular weight excluding hydrogens is 308 g/mol. The molecule has 2 N–H and O–H groups in total. The first-order chi connectivity index (χ1) is 10.1. The van der Waals surface area contributed by atoms with Gasteiger partial charge in [0.2, 0.25) is 0 Å². The van der Waals surface area contributed by atoms with E-state index in [-0.39, 0.29) is 24.3 Å². The summed E-state index contributed by atoms with van der Waals surface area (Å²) in [4.78, 5) is 23.2. The van der Waals surface area contributed by atoms with E-state index >= 15 is 0 Å². The molecule has 1 fully saturated rings. The molecule has 1 amide bonds. The van der Waals surface area contributed by atoms with Gasteiger partial charge in [0, 0.05) is 20.1 Å². The van der Waals surface area contributed by atoms with E-state index in [0.717, 1.165) is 38.8 Å². The van der Waals surface area contributed by atoms with Crippen molar-refractivity contribution in [2.24, 2.45) is 0 Å². The largest absolute Gasteiger partial charge is 0.469 e. The third-order valence-corrected chi connectivity index (χ3v) is 4.04. The molecule has 0 aromatic rings. The number of hydrogen-bond donors (Lipinski definition) is 2. The fourth-order valence-electron chi connectivity index (χ4n) is 2.57. The van der Waals surface area contributed by atoms with Crippen molar-refractivity contribution in [3.8, 4) is 0 Å². The van der Waals surface area contributed by atoms with Gasteiger partial charge in [0.25, 0.3) is 5.91 Å². The van der Waals surface area contributed by atoms with Crippen molar-refractivity contribution in [1.82, 2.24) is 10.6 Å². The number of unbranched alkanes of at least 4 members (excludes halogenated alkanes) is 3. The van der Waals surface area contributed by atoms with Crippen LogP contribution >= 0.6 is 12.4 Å². The average Bonchev–Trinajstić information content (AvgIpc) is 2.53. The van der Waals surface area contributed by atoms with Gasteiger partial charge in [-0.15, -0.1) is 12.4 Å². The maximum absolute atomic E-state index is 12.2. The molecule has 1 heterocycles. The summed E-state index contributed by atoms with van der Waals surface area (Å²) in [5.74, 6) is -0.155. The van der Waals surface area contributed by atoms with E-state index in [2.05, 4.69) is 15.4 Å². The van der Waals surface area contributed by atoms with Crippen molar-refractivity contribution >= 4 is 24.3 Å². The highest BCUT2D eigenvalue weighted by atomic mass is 35.5. The van der Waals surface area contributed by atoms with Crippen molar-refractivity contribution in [3.63, 3.8) is 0 Å². The highest BCUT2D eigenvalue weighted by Gasteiger charge is 2.39. The molecule has 0 saturated carbocycles. The molecule has 0 aliphatic carbocycles. The number of rotatable bonds is 9. The van der Waals surface area contributed by atoms with Crippen molar-refractivity contribution < 1.29 is 19.1 Å². The number of halogens is 1. The topological polar surface area (TPSA) is 76.7 Å². The van der Waals surface area contributed by atoms with Crippen LogP contribution in [-0.2, 0) is 19.1 Å². The lowest BCUT2D eigenvalue weighted by Crippen LogP contribution is -2.54. The van der Waals surface area contributed by atoms with Crippen LogP contribution in [0.1, 0.15) is 44.9 Å². The fraction of sp³-hybridized carbons (Fsp3) is 0.867. The summed E-state index contributed by atoms with van der Waals surface area (Å²) in [5.41, 5.74) is -0.657. The summed E-state index contributed by atoms with van der Waals surface area (Å²) >= 11 is 0. The number of ether oxygens (including phenoxy) is 2. The van der Waals surface area contributed by atoms with E-state index < -0.39 is 5.60 Å². The zero-order valence-electron chi connectivity index (χ0n) is 13.6. The second-order valence-electron chi connectivity index (χ2n) is 5.44. The molecule has 0 aromatic heterocycles. The number of carbonyl (C=O) groups excluding carboxylic acids is 2. The van der Waals surface area contributed by atoms with E-state index in [1.165, 1.54) is 7.11 Å². The number of hydrogen-bond acceptors (Lipinski definition) is 5. The van der Waals surface area contributed by atoms with Gasteiger partial charge in [0.15, 0.2) is 0 Å². The second-order valence-corrected chi connectivity index (χ2v) is 5.44. The SMILES string of the molecule is COC(=O)CCCCCCNC(=O)C1(OC)CCNCC1.Cl. The zero-order valence-corrected chi connectivity index (χ0v) is 14.4. The third kappa shape index (κ3) is 6.94. The summed E-state index contributed by atoms with van der Waals surface area (Å²) < 4.78 is 10.1. The Balaban J connectivity index is 0.00000441. The smallest absolute Gasteiger partial charge is 0.305 e. The molecule has 0 unspecified atom stereocenters. The van der Waals surface area contributed by atoms with Crippen LogP contribution in [0.25, 0.3) is 0 Å². The molecule has 6 nitrogen and oxygen atoms in total. The Kier molecular flexibility index (Phi) is 11.2. The summed E-state index contributed by atoms with van der Waals surface area (Å²) in [5, 5.41) is 6.21. The number of carbonyl (C=O) groups is 2. The lowest BCUT2D eigenvalue weighted by atomic mass is 9.91. The van der Waals surface area contributed by atoms with Gasteiger partial charge in [0.1, 0.15) is 5.60 Å². The van der Waals surface area contributed by atoms with Crippen LogP contribution in [0.4, 0.5) is 0 Å². The molecule has 1 aliphatic heterocycles. The lowest BCUT2D eigenvalue weighted by Gasteiger charge is -2.34. The second kappa shape index (κ2) is 11.7. The van der Waals surface area contributed by atoms with Gasteiger partial charge >= 0.3 is 5.97 Å². The summed E-state index contributed by atoms with van der Waals surface area (Å²) in [7, 11) is 3.02. The molecule has 0 bridgehead atoms. The van der Waals surface area contributed by atoms with Crippen LogP contribution in [0, 0.1) is 0 Å². The average molecular weight is 337 g/mol. The predicted octanol–water partition coefficient (Wildman–Crippen LogP) is 1.42. The molecule has 1 aliphatic rings. The predicted molar refractivity (Wildman–Crippen MR) is 87.2 cm³/mol. The van der Waals surface area contributed by atoms with Crippen LogP contribution in [0.2, 0.25) is 0 Å². The standard InChI is InChI=1S/C15H28N2O4.ClH/c1-20-13(18)7-5-3-4-6-10-17-14(19)15(21-2)8-11-16-12-9-15;/h16H,3-12H2,1-2H3,(H,17,19);1H. The Hall–Kier alpha value is -0.850. The molecular formula is C15H29ClN2O4. The summed E-state index contributed by atoms with van der Waals surface area (Å²) in [6.07, 6.45) is 5.65. The minimum atomic E-state index is -0.657. The number of amides is 1. The van der Waals surface area contributed by atoms with E-state index in [9.17, 15) is 9.59 Å².